The van der Waals surface area contributed by atoms with Gasteiger partial charge in [0.2, 0.25) is 0 Å². The van der Waals surface area contributed by atoms with Crippen LogP contribution in [0, 0.1) is 19.8 Å². The van der Waals surface area contributed by atoms with Gasteiger partial charge in [-0.05, 0) is 49.4 Å². The summed E-state index contributed by atoms with van der Waals surface area (Å²) in [6, 6.07) is 4.50. The molecule has 3 heteroatoms. The average Bonchev–Trinajstić information content (AvgIpc) is 2.27. The van der Waals surface area contributed by atoms with E-state index >= 15 is 0 Å². The van der Waals surface area contributed by atoms with E-state index in [-0.39, 0.29) is 5.41 Å². The highest BCUT2D eigenvalue weighted by atomic mass is 16.5. The number of nitrogens with two attached hydrogens (primary N) is 1. The van der Waals surface area contributed by atoms with Crippen molar-refractivity contribution in [3.05, 3.63) is 28.8 Å². The molecule has 2 N–H and O–H groups in total. The summed E-state index contributed by atoms with van der Waals surface area (Å²) < 4.78 is 11.0. The van der Waals surface area contributed by atoms with E-state index < -0.39 is 0 Å². The lowest BCUT2D eigenvalue weighted by Gasteiger charge is -2.47. The number of benzene rings is 1. The Morgan fingerprint density at radius 1 is 1.32 bits per heavy atom. The van der Waals surface area contributed by atoms with Crippen LogP contribution >= 0.6 is 0 Å². The number of hydrogen-bond acceptors (Lipinski definition) is 3. The molecule has 1 aliphatic rings. The molecule has 1 atom stereocenters. The number of methoxy groups -OCH3 is 1. The molecular formula is C16H25NO2. The van der Waals surface area contributed by atoms with Crippen molar-refractivity contribution in [1.29, 1.82) is 0 Å². The van der Waals surface area contributed by atoms with Gasteiger partial charge >= 0.3 is 0 Å². The first-order valence-corrected chi connectivity index (χ1v) is 6.98. The number of hydrogen-bond donors (Lipinski definition) is 1. The van der Waals surface area contributed by atoms with Gasteiger partial charge in [-0.3, -0.25) is 0 Å². The standard InChI is InChI=1S/C16H25NO2/c1-11-7-14(8-12(2)15(11)18-4)16(9-19-10-16)13(3)5-6-17/h7-8,13H,5-6,9-10,17H2,1-4H3. The van der Waals surface area contributed by atoms with Crippen LogP contribution in [0.15, 0.2) is 12.1 Å². The van der Waals surface area contributed by atoms with Gasteiger partial charge in [-0.1, -0.05) is 19.1 Å². The van der Waals surface area contributed by atoms with Crippen LogP contribution in [-0.4, -0.2) is 26.9 Å². The molecule has 0 bridgehead atoms. The van der Waals surface area contributed by atoms with Crippen LogP contribution in [0.25, 0.3) is 0 Å². The monoisotopic (exact) mass is 263 g/mol. The Kier molecular flexibility index (Phi) is 4.16. The van der Waals surface area contributed by atoms with Crippen molar-refractivity contribution in [2.24, 2.45) is 11.7 Å². The van der Waals surface area contributed by atoms with Gasteiger partial charge in [0, 0.05) is 5.41 Å². The van der Waals surface area contributed by atoms with Gasteiger partial charge in [-0.25, -0.2) is 0 Å². The van der Waals surface area contributed by atoms with Crippen molar-refractivity contribution in [2.45, 2.75) is 32.6 Å². The van der Waals surface area contributed by atoms with E-state index in [1.165, 1.54) is 16.7 Å². The molecule has 0 spiro atoms. The van der Waals surface area contributed by atoms with Crippen LogP contribution < -0.4 is 10.5 Å². The zero-order valence-corrected chi connectivity index (χ0v) is 12.5. The Bertz CT molecular complexity index is 429. The minimum atomic E-state index is 0.140. The van der Waals surface area contributed by atoms with Gasteiger partial charge in [0.15, 0.2) is 0 Å². The van der Waals surface area contributed by atoms with Gasteiger partial charge in [0.05, 0.1) is 20.3 Å². The van der Waals surface area contributed by atoms with E-state index in [0.29, 0.717) is 5.92 Å². The molecular weight excluding hydrogens is 238 g/mol. The molecule has 2 rings (SSSR count). The molecule has 0 aliphatic carbocycles. The summed E-state index contributed by atoms with van der Waals surface area (Å²) in [6.07, 6.45) is 1.04. The third-order valence-corrected chi connectivity index (χ3v) is 4.50. The van der Waals surface area contributed by atoms with Crippen molar-refractivity contribution in [1.82, 2.24) is 0 Å². The zero-order chi connectivity index (χ0) is 14.0. The molecule has 1 saturated heterocycles. The molecule has 1 aromatic rings. The molecule has 0 radical (unpaired) electrons. The molecule has 1 unspecified atom stereocenters. The summed E-state index contributed by atoms with van der Waals surface area (Å²) >= 11 is 0. The van der Waals surface area contributed by atoms with Crippen molar-refractivity contribution >= 4 is 0 Å². The van der Waals surface area contributed by atoms with Crippen molar-refractivity contribution in [2.75, 3.05) is 26.9 Å². The predicted molar refractivity (Wildman–Crippen MR) is 77.8 cm³/mol. The first-order valence-electron chi connectivity index (χ1n) is 6.98. The van der Waals surface area contributed by atoms with E-state index in [1.54, 1.807) is 7.11 Å². The summed E-state index contributed by atoms with van der Waals surface area (Å²) in [7, 11) is 1.73. The molecule has 0 amide bonds. The molecule has 3 nitrogen and oxygen atoms in total. The number of aryl methyl sites for hydroxylation is 2. The summed E-state index contributed by atoms with van der Waals surface area (Å²) in [5.74, 6) is 1.53. The van der Waals surface area contributed by atoms with Crippen LogP contribution in [0.4, 0.5) is 0 Å². The van der Waals surface area contributed by atoms with E-state index in [9.17, 15) is 0 Å². The Labute approximate surface area is 116 Å². The van der Waals surface area contributed by atoms with Crippen molar-refractivity contribution < 1.29 is 9.47 Å². The summed E-state index contributed by atoms with van der Waals surface area (Å²) in [5.41, 5.74) is 9.63. The van der Waals surface area contributed by atoms with Gasteiger partial charge in [0.25, 0.3) is 0 Å². The van der Waals surface area contributed by atoms with Crippen LogP contribution in [0.3, 0.4) is 0 Å². The van der Waals surface area contributed by atoms with Gasteiger partial charge in [-0.15, -0.1) is 0 Å². The average molecular weight is 263 g/mol. The zero-order valence-electron chi connectivity index (χ0n) is 12.5. The normalized spacial score (nSPS) is 18.8. The lowest BCUT2D eigenvalue weighted by molar-refractivity contribution is -0.0883. The molecule has 0 aromatic heterocycles. The fourth-order valence-corrected chi connectivity index (χ4v) is 3.14. The first-order chi connectivity index (χ1) is 9.05. The Balaban J connectivity index is 2.39. The highest BCUT2D eigenvalue weighted by Crippen LogP contribution is 2.42. The fourth-order valence-electron chi connectivity index (χ4n) is 3.14. The van der Waals surface area contributed by atoms with Gasteiger partial charge < -0.3 is 15.2 Å². The van der Waals surface area contributed by atoms with Crippen LogP contribution in [0.1, 0.15) is 30.0 Å². The number of ether oxygens (including phenoxy) is 2. The van der Waals surface area contributed by atoms with E-state index in [0.717, 1.165) is 31.9 Å². The minimum Gasteiger partial charge on any atom is -0.496 e. The van der Waals surface area contributed by atoms with Crippen LogP contribution in [0.2, 0.25) is 0 Å². The predicted octanol–water partition coefficient (Wildman–Crippen LogP) is 2.56. The molecule has 1 fully saturated rings. The van der Waals surface area contributed by atoms with E-state index in [2.05, 4.69) is 32.9 Å². The van der Waals surface area contributed by atoms with Crippen molar-refractivity contribution in [3.63, 3.8) is 0 Å². The van der Waals surface area contributed by atoms with E-state index in [1.807, 2.05) is 0 Å². The SMILES string of the molecule is COc1c(C)cc(C2(C(C)CCN)COC2)cc1C. The smallest absolute Gasteiger partial charge is 0.124 e. The minimum absolute atomic E-state index is 0.140. The molecule has 19 heavy (non-hydrogen) atoms. The summed E-state index contributed by atoms with van der Waals surface area (Å²) in [5, 5.41) is 0. The Hall–Kier alpha value is -1.06. The highest BCUT2D eigenvalue weighted by molar-refractivity contribution is 5.46. The second-order valence-corrected chi connectivity index (χ2v) is 5.77. The molecule has 1 aliphatic heterocycles. The molecule has 106 valence electrons. The number of rotatable bonds is 5. The quantitative estimate of drug-likeness (QED) is 0.888. The maximum atomic E-state index is 5.73. The highest BCUT2D eigenvalue weighted by Gasteiger charge is 2.44. The summed E-state index contributed by atoms with van der Waals surface area (Å²) in [4.78, 5) is 0. The lowest BCUT2D eigenvalue weighted by Crippen LogP contribution is -2.52. The Morgan fingerprint density at radius 3 is 2.26 bits per heavy atom. The third kappa shape index (κ3) is 2.37. The topological polar surface area (TPSA) is 44.5 Å². The van der Waals surface area contributed by atoms with E-state index in [4.69, 9.17) is 15.2 Å². The van der Waals surface area contributed by atoms with Gasteiger partial charge in [0.1, 0.15) is 5.75 Å². The van der Waals surface area contributed by atoms with Gasteiger partial charge in [-0.2, -0.15) is 0 Å². The molecule has 1 heterocycles. The van der Waals surface area contributed by atoms with Crippen LogP contribution in [-0.2, 0) is 10.2 Å². The third-order valence-electron chi connectivity index (χ3n) is 4.50. The molecule has 1 aromatic carbocycles. The van der Waals surface area contributed by atoms with Crippen LogP contribution in [0.5, 0.6) is 5.75 Å². The Morgan fingerprint density at radius 2 is 1.89 bits per heavy atom. The molecule has 0 saturated carbocycles. The fraction of sp³-hybridized carbons (Fsp3) is 0.625. The maximum Gasteiger partial charge on any atom is 0.124 e. The maximum absolute atomic E-state index is 5.73. The largest absolute Gasteiger partial charge is 0.496 e. The van der Waals surface area contributed by atoms with Crippen molar-refractivity contribution in [3.8, 4) is 5.75 Å². The second kappa shape index (κ2) is 5.51. The summed E-state index contributed by atoms with van der Waals surface area (Å²) in [6.45, 7) is 8.84. The first kappa shape index (κ1) is 14.4. The second-order valence-electron chi connectivity index (χ2n) is 5.77. The lowest BCUT2D eigenvalue weighted by atomic mass is 9.67.